The first-order valence-corrected chi connectivity index (χ1v) is 8.91. The lowest BCUT2D eigenvalue weighted by Gasteiger charge is -2.09. The van der Waals surface area contributed by atoms with E-state index in [1.54, 1.807) is 26.4 Å². The van der Waals surface area contributed by atoms with Crippen molar-refractivity contribution >= 4 is 22.4 Å². The van der Waals surface area contributed by atoms with Gasteiger partial charge in [0.15, 0.2) is 5.13 Å². The zero-order valence-corrected chi connectivity index (χ0v) is 15.9. The van der Waals surface area contributed by atoms with Gasteiger partial charge in [-0.1, -0.05) is 17.7 Å². The first-order valence-electron chi connectivity index (χ1n) is 8.09. The zero-order valence-electron chi connectivity index (χ0n) is 15.1. The van der Waals surface area contributed by atoms with E-state index in [1.807, 2.05) is 44.2 Å². The molecule has 0 fully saturated rings. The fourth-order valence-corrected chi connectivity index (χ4v) is 3.39. The lowest BCUT2D eigenvalue weighted by molar-refractivity contribution is 0.102. The Kier molecular flexibility index (Phi) is 5.23. The molecule has 0 bridgehead atoms. The van der Waals surface area contributed by atoms with E-state index in [2.05, 4.69) is 10.3 Å². The first-order chi connectivity index (χ1) is 12.5. The predicted molar refractivity (Wildman–Crippen MR) is 105 cm³/mol. The molecule has 134 valence electrons. The summed E-state index contributed by atoms with van der Waals surface area (Å²) in [7, 11) is 3.22. The minimum atomic E-state index is -0.174. The Morgan fingerprint density at radius 1 is 1.04 bits per heavy atom. The monoisotopic (exact) mass is 368 g/mol. The van der Waals surface area contributed by atoms with Crippen LogP contribution < -0.4 is 14.8 Å². The Bertz CT molecular complexity index is 933. The molecule has 0 atom stereocenters. The number of amides is 1. The van der Waals surface area contributed by atoms with Crippen molar-refractivity contribution in [1.29, 1.82) is 0 Å². The number of nitrogens with zero attached hydrogens (tertiary/aromatic N) is 1. The maximum atomic E-state index is 12.4. The number of hydrogen-bond acceptors (Lipinski definition) is 5. The minimum absolute atomic E-state index is 0.174. The summed E-state index contributed by atoms with van der Waals surface area (Å²) in [6.45, 7) is 3.96. The van der Waals surface area contributed by atoms with Crippen LogP contribution in [0.15, 0.2) is 42.5 Å². The van der Waals surface area contributed by atoms with Crippen molar-refractivity contribution in [3.63, 3.8) is 0 Å². The molecular formula is C20H20N2O3S. The fourth-order valence-electron chi connectivity index (χ4n) is 2.57. The highest BCUT2D eigenvalue weighted by atomic mass is 32.1. The van der Waals surface area contributed by atoms with Crippen molar-refractivity contribution < 1.29 is 14.3 Å². The molecule has 0 unspecified atom stereocenters. The van der Waals surface area contributed by atoms with E-state index >= 15 is 0 Å². The van der Waals surface area contributed by atoms with Crippen LogP contribution in [0, 0.1) is 13.8 Å². The Labute approximate surface area is 156 Å². The number of nitrogens with one attached hydrogen (secondary N) is 1. The number of hydrogen-bond donors (Lipinski definition) is 1. The third-order valence-corrected chi connectivity index (χ3v) is 4.88. The third kappa shape index (κ3) is 3.70. The van der Waals surface area contributed by atoms with E-state index in [-0.39, 0.29) is 5.91 Å². The van der Waals surface area contributed by atoms with Gasteiger partial charge in [-0.25, -0.2) is 4.98 Å². The number of aromatic nitrogens is 1. The molecule has 5 nitrogen and oxygen atoms in total. The fraction of sp³-hybridized carbons (Fsp3) is 0.200. The van der Waals surface area contributed by atoms with E-state index in [0.29, 0.717) is 22.2 Å². The number of aryl methyl sites for hydroxylation is 2. The maximum Gasteiger partial charge on any atom is 0.257 e. The summed E-state index contributed by atoms with van der Waals surface area (Å²) in [5.41, 5.74) is 3.36. The van der Waals surface area contributed by atoms with Crippen molar-refractivity contribution in [3.8, 4) is 22.8 Å². The standard InChI is InChI=1S/C20H20N2O3S/c1-12-5-7-14(8-6-12)19(23)22-20-21-18(13(2)26-20)16-10-9-15(24-3)11-17(16)25-4/h5-11H,1-4H3,(H,21,22,23). The molecule has 0 aliphatic carbocycles. The Hall–Kier alpha value is -2.86. The summed E-state index contributed by atoms with van der Waals surface area (Å²) in [4.78, 5) is 18.0. The number of ether oxygens (including phenoxy) is 2. The molecule has 3 rings (SSSR count). The van der Waals surface area contributed by atoms with Crippen LogP contribution in [-0.2, 0) is 0 Å². The Morgan fingerprint density at radius 3 is 2.42 bits per heavy atom. The van der Waals surface area contributed by atoms with Crippen molar-refractivity contribution in [2.45, 2.75) is 13.8 Å². The summed E-state index contributed by atoms with van der Waals surface area (Å²) in [5.74, 6) is 1.22. The van der Waals surface area contributed by atoms with Gasteiger partial charge in [0.1, 0.15) is 11.5 Å². The Morgan fingerprint density at radius 2 is 1.77 bits per heavy atom. The van der Waals surface area contributed by atoms with Gasteiger partial charge in [-0.05, 0) is 38.1 Å². The predicted octanol–water partition coefficient (Wildman–Crippen LogP) is 4.70. The van der Waals surface area contributed by atoms with Crippen LogP contribution in [0.25, 0.3) is 11.3 Å². The summed E-state index contributed by atoms with van der Waals surface area (Å²) in [6, 6.07) is 13.0. The van der Waals surface area contributed by atoms with E-state index in [4.69, 9.17) is 9.47 Å². The number of rotatable bonds is 5. The van der Waals surface area contributed by atoms with Gasteiger partial charge in [-0.15, -0.1) is 11.3 Å². The highest BCUT2D eigenvalue weighted by molar-refractivity contribution is 7.16. The second kappa shape index (κ2) is 7.58. The lowest BCUT2D eigenvalue weighted by Crippen LogP contribution is -2.11. The molecule has 6 heteroatoms. The highest BCUT2D eigenvalue weighted by Crippen LogP contribution is 2.37. The highest BCUT2D eigenvalue weighted by Gasteiger charge is 2.16. The van der Waals surface area contributed by atoms with Crippen molar-refractivity contribution in [3.05, 3.63) is 58.5 Å². The molecule has 0 saturated carbocycles. The van der Waals surface area contributed by atoms with Crippen molar-refractivity contribution in [2.24, 2.45) is 0 Å². The largest absolute Gasteiger partial charge is 0.497 e. The molecule has 2 aromatic carbocycles. The molecular weight excluding hydrogens is 348 g/mol. The second-order valence-electron chi connectivity index (χ2n) is 5.81. The number of anilines is 1. The molecule has 1 aromatic heterocycles. The van der Waals surface area contributed by atoms with Gasteiger partial charge in [-0.2, -0.15) is 0 Å². The average Bonchev–Trinajstić information content (AvgIpc) is 3.01. The molecule has 0 aliphatic heterocycles. The number of thiazole rings is 1. The van der Waals surface area contributed by atoms with Crippen LogP contribution in [0.1, 0.15) is 20.8 Å². The van der Waals surface area contributed by atoms with Crippen molar-refractivity contribution in [2.75, 3.05) is 19.5 Å². The molecule has 0 saturated heterocycles. The van der Waals surface area contributed by atoms with Gasteiger partial charge in [0.05, 0.1) is 19.9 Å². The molecule has 1 amide bonds. The topological polar surface area (TPSA) is 60.5 Å². The van der Waals surface area contributed by atoms with Crippen LogP contribution in [0.5, 0.6) is 11.5 Å². The maximum absolute atomic E-state index is 12.4. The smallest absolute Gasteiger partial charge is 0.257 e. The van der Waals surface area contributed by atoms with Crippen LogP contribution >= 0.6 is 11.3 Å². The molecule has 0 spiro atoms. The quantitative estimate of drug-likeness (QED) is 0.709. The molecule has 0 radical (unpaired) electrons. The van der Waals surface area contributed by atoms with Crippen LogP contribution in [0.2, 0.25) is 0 Å². The zero-order chi connectivity index (χ0) is 18.7. The van der Waals surface area contributed by atoms with Gasteiger partial charge in [0, 0.05) is 22.1 Å². The summed E-state index contributed by atoms with van der Waals surface area (Å²) < 4.78 is 10.7. The molecule has 1 N–H and O–H groups in total. The molecule has 1 heterocycles. The van der Waals surface area contributed by atoms with Gasteiger partial charge in [-0.3, -0.25) is 10.1 Å². The van der Waals surface area contributed by atoms with Gasteiger partial charge in [0.2, 0.25) is 0 Å². The SMILES string of the molecule is COc1ccc(-c2nc(NC(=O)c3ccc(C)cc3)sc2C)c(OC)c1. The normalized spacial score (nSPS) is 10.5. The number of carbonyl (C=O) groups is 1. The average molecular weight is 368 g/mol. The van der Waals surface area contributed by atoms with E-state index in [0.717, 1.165) is 21.7 Å². The number of benzene rings is 2. The van der Waals surface area contributed by atoms with E-state index < -0.39 is 0 Å². The van der Waals surface area contributed by atoms with Crippen LogP contribution in [-0.4, -0.2) is 25.1 Å². The lowest BCUT2D eigenvalue weighted by atomic mass is 10.1. The second-order valence-corrected chi connectivity index (χ2v) is 7.01. The molecule has 3 aromatic rings. The minimum Gasteiger partial charge on any atom is -0.497 e. The first kappa shape index (κ1) is 17.9. The van der Waals surface area contributed by atoms with Crippen LogP contribution in [0.3, 0.4) is 0 Å². The van der Waals surface area contributed by atoms with Crippen LogP contribution in [0.4, 0.5) is 5.13 Å². The Balaban J connectivity index is 1.88. The van der Waals surface area contributed by atoms with Crippen molar-refractivity contribution in [1.82, 2.24) is 4.98 Å². The van der Waals surface area contributed by atoms with E-state index in [9.17, 15) is 4.79 Å². The number of carbonyl (C=O) groups excluding carboxylic acids is 1. The third-order valence-electron chi connectivity index (χ3n) is 3.99. The molecule has 0 aliphatic rings. The molecule has 26 heavy (non-hydrogen) atoms. The summed E-state index contributed by atoms with van der Waals surface area (Å²) in [6.07, 6.45) is 0. The summed E-state index contributed by atoms with van der Waals surface area (Å²) >= 11 is 1.43. The van der Waals surface area contributed by atoms with Gasteiger partial charge in [0.25, 0.3) is 5.91 Å². The summed E-state index contributed by atoms with van der Waals surface area (Å²) in [5, 5.41) is 3.43. The van der Waals surface area contributed by atoms with Gasteiger partial charge >= 0.3 is 0 Å². The van der Waals surface area contributed by atoms with E-state index in [1.165, 1.54) is 11.3 Å². The van der Waals surface area contributed by atoms with Gasteiger partial charge < -0.3 is 9.47 Å². The number of methoxy groups -OCH3 is 2.